The van der Waals surface area contributed by atoms with Crippen LogP contribution in [-0.4, -0.2) is 69.8 Å². The number of rotatable bonds is 13. The Kier molecular flexibility index (Phi) is 10.6. The number of aliphatic imine (C=N–C) groups is 1. The number of hydrogen-bond donors (Lipinski definition) is 0. The summed E-state index contributed by atoms with van der Waals surface area (Å²) in [6, 6.07) is 13.5. The highest BCUT2D eigenvalue weighted by Gasteiger charge is 2.21. The van der Waals surface area contributed by atoms with Gasteiger partial charge in [0.1, 0.15) is 18.4 Å². The Bertz CT molecular complexity index is 1170. The van der Waals surface area contributed by atoms with Crippen LogP contribution in [0.15, 0.2) is 51.7 Å². The van der Waals surface area contributed by atoms with Gasteiger partial charge < -0.3 is 24.0 Å². The van der Waals surface area contributed by atoms with Crippen molar-refractivity contribution in [2.24, 2.45) is 15.3 Å². The Morgan fingerprint density at radius 2 is 1.97 bits per heavy atom. The monoisotopic (exact) mass is 505 g/mol. The first kappa shape index (κ1) is 27.8. The Hall–Kier alpha value is -3.74. The van der Waals surface area contributed by atoms with Crippen LogP contribution in [0.25, 0.3) is 0 Å². The van der Waals surface area contributed by atoms with Crippen molar-refractivity contribution in [3.63, 3.8) is 0 Å². The molecule has 2 aromatic rings. The minimum Gasteiger partial charge on any atom is -0.490 e. The third-order valence-electron chi connectivity index (χ3n) is 5.87. The van der Waals surface area contributed by atoms with Crippen molar-refractivity contribution in [1.82, 2.24) is 4.90 Å². The second-order valence-corrected chi connectivity index (χ2v) is 8.94. The van der Waals surface area contributed by atoms with E-state index >= 15 is 0 Å². The van der Waals surface area contributed by atoms with Gasteiger partial charge in [-0.15, -0.1) is 0 Å². The number of benzene rings is 2. The molecule has 0 atom stereocenters. The second-order valence-electron chi connectivity index (χ2n) is 8.94. The average molecular weight is 506 g/mol. The minimum absolute atomic E-state index is 0.0431. The normalized spacial score (nSPS) is 14.1. The molecule has 9 nitrogen and oxygen atoms in total. The van der Waals surface area contributed by atoms with E-state index in [9.17, 15) is 5.26 Å². The Labute approximate surface area is 219 Å². The molecule has 0 spiro atoms. The van der Waals surface area contributed by atoms with Gasteiger partial charge in [0, 0.05) is 38.0 Å². The molecule has 0 saturated heterocycles. The van der Waals surface area contributed by atoms with Crippen LogP contribution in [0, 0.1) is 11.3 Å². The molecule has 3 rings (SSSR count). The summed E-state index contributed by atoms with van der Waals surface area (Å²) in [6.45, 7) is 10.5. The molecule has 0 aliphatic heterocycles. The predicted octanol–water partition coefficient (Wildman–Crippen LogP) is 4.17. The van der Waals surface area contributed by atoms with Crippen LogP contribution in [0.2, 0.25) is 0 Å². The zero-order chi connectivity index (χ0) is 26.6. The molecule has 0 unspecified atom stereocenters. The van der Waals surface area contributed by atoms with Gasteiger partial charge in [0.05, 0.1) is 30.5 Å². The van der Waals surface area contributed by atoms with Gasteiger partial charge in [-0.1, -0.05) is 28.5 Å². The van der Waals surface area contributed by atoms with Gasteiger partial charge in [0.15, 0.2) is 0 Å². The molecule has 0 aromatic heterocycles. The van der Waals surface area contributed by atoms with Gasteiger partial charge in [-0.3, -0.25) is 0 Å². The summed E-state index contributed by atoms with van der Waals surface area (Å²) < 4.78 is 10.8. The number of likely N-dealkylation sites (N-methyl/N-ethyl adjacent to an activating group) is 1. The van der Waals surface area contributed by atoms with Gasteiger partial charge in [-0.25, -0.2) is 4.99 Å². The van der Waals surface area contributed by atoms with Crippen LogP contribution in [0.3, 0.4) is 0 Å². The molecule has 196 valence electrons. The number of fused-ring (bicyclic) bond motifs is 1. The Morgan fingerprint density at radius 3 is 2.70 bits per heavy atom. The lowest BCUT2D eigenvalue weighted by Crippen LogP contribution is -2.26. The van der Waals surface area contributed by atoms with Crippen molar-refractivity contribution in [3.05, 3.63) is 64.2 Å². The van der Waals surface area contributed by atoms with E-state index in [-0.39, 0.29) is 12.0 Å². The SMILES string of the molecule is C=NOC(=NCc1cccc2c1CC/C2=N\OCCN(C)CCOC)c1ccc(OC(C)C)c(C#N)c1. The zero-order valence-corrected chi connectivity index (χ0v) is 22.1. The van der Waals surface area contributed by atoms with Gasteiger partial charge in [0.2, 0.25) is 0 Å². The highest BCUT2D eigenvalue weighted by Crippen LogP contribution is 2.27. The number of methoxy groups -OCH3 is 1. The van der Waals surface area contributed by atoms with Crippen LogP contribution in [0.1, 0.15) is 48.1 Å². The molecule has 0 bridgehead atoms. The number of ether oxygens (including phenoxy) is 2. The maximum atomic E-state index is 9.57. The van der Waals surface area contributed by atoms with E-state index < -0.39 is 0 Å². The summed E-state index contributed by atoms with van der Waals surface area (Å²) in [7, 11) is 3.73. The summed E-state index contributed by atoms with van der Waals surface area (Å²) in [6.07, 6.45) is 1.64. The van der Waals surface area contributed by atoms with Crippen LogP contribution in [0.5, 0.6) is 5.75 Å². The van der Waals surface area contributed by atoms with E-state index in [0.29, 0.717) is 36.6 Å². The summed E-state index contributed by atoms with van der Waals surface area (Å²) in [5.74, 6) is 0.803. The second kappa shape index (κ2) is 14.1. The number of nitriles is 1. The summed E-state index contributed by atoms with van der Waals surface area (Å²) in [5.41, 5.74) is 5.34. The van der Waals surface area contributed by atoms with Crippen molar-refractivity contribution in [1.29, 1.82) is 5.26 Å². The lowest BCUT2D eigenvalue weighted by atomic mass is 10.0. The van der Waals surface area contributed by atoms with Crippen LogP contribution < -0.4 is 4.74 Å². The third kappa shape index (κ3) is 7.87. The standard InChI is InChI=1S/C28H35N5O4/c1-20(2)36-27-12-9-21(17-23(27)18-29)28(37-30-3)31-19-22-7-6-8-25-24(22)10-11-26(25)32-35-16-14-33(4)13-15-34-5/h6-9,12,17,20H,3,10-11,13-16,19H2,1-2,4-5H3/b31-28?,32-26+. The molecular formula is C28H35N5O4. The van der Waals surface area contributed by atoms with E-state index in [1.807, 2.05) is 27.0 Å². The van der Waals surface area contributed by atoms with Crippen LogP contribution in [0.4, 0.5) is 0 Å². The first-order chi connectivity index (χ1) is 18.0. The molecule has 1 aliphatic rings. The molecule has 37 heavy (non-hydrogen) atoms. The quantitative estimate of drug-likeness (QED) is 0.175. The first-order valence-electron chi connectivity index (χ1n) is 12.3. The highest BCUT2D eigenvalue weighted by atomic mass is 16.6. The average Bonchev–Trinajstić information content (AvgIpc) is 3.31. The van der Waals surface area contributed by atoms with Gasteiger partial charge in [0.25, 0.3) is 5.90 Å². The molecule has 0 radical (unpaired) electrons. The molecule has 1 aliphatic carbocycles. The molecule has 0 amide bonds. The fourth-order valence-corrected chi connectivity index (χ4v) is 4.00. The predicted molar refractivity (Wildman–Crippen MR) is 144 cm³/mol. The topological polar surface area (TPSA) is 101 Å². The third-order valence-corrected chi connectivity index (χ3v) is 5.87. The minimum atomic E-state index is -0.0431. The van der Waals surface area contributed by atoms with Crippen molar-refractivity contribution in [2.75, 3.05) is 40.5 Å². The van der Waals surface area contributed by atoms with Gasteiger partial charge in [-0.05, 0) is 63.1 Å². The van der Waals surface area contributed by atoms with E-state index in [1.165, 1.54) is 5.56 Å². The fourth-order valence-electron chi connectivity index (χ4n) is 4.00. The molecule has 0 N–H and O–H groups in total. The number of hydrogen-bond acceptors (Lipinski definition) is 9. The van der Waals surface area contributed by atoms with E-state index in [4.69, 9.17) is 19.1 Å². The lowest BCUT2D eigenvalue weighted by molar-refractivity contribution is 0.104. The molecule has 0 heterocycles. The van der Waals surface area contributed by atoms with Crippen molar-refractivity contribution in [2.45, 2.75) is 39.3 Å². The van der Waals surface area contributed by atoms with Gasteiger partial charge >= 0.3 is 0 Å². The molecule has 0 saturated carbocycles. The van der Waals surface area contributed by atoms with Crippen LogP contribution in [-0.2, 0) is 27.4 Å². The number of oxime groups is 2. The largest absolute Gasteiger partial charge is 0.490 e. The first-order valence-corrected chi connectivity index (χ1v) is 12.3. The maximum absolute atomic E-state index is 9.57. The fraction of sp³-hybridized carbons (Fsp3) is 0.429. The van der Waals surface area contributed by atoms with Gasteiger partial charge in [-0.2, -0.15) is 5.26 Å². The summed E-state index contributed by atoms with van der Waals surface area (Å²) in [5, 5.41) is 17.5. The van der Waals surface area contributed by atoms with E-state index in [0.717, 1.165) is 42.8 Å². The van der Waals surface area contributed by atoms with Crippen molar-refractivity contribution in [3.8, 4) is 11.8 Å². The van der Waals surface area contributed by atoms with Crippen molar-refractivity contribution >= 4 is 18.3 Å². The molecule has 9 heteroatoms. The summed E-state index contributed by atoms with van der Waals surface area (Å²) in [4.78, 5) is 17.8. The Balaban J connectivity index is 1.73. The van der Waals surface area contributed by atoms with E-state index in [1.54, 1.807) is 25.3 Å². The molecular weight excluding hydrogens is 470 g/mol. The molecule has 2 aromatic carbocycles. The maximum Gasteiger partial charge on any atom is 0.251 e. The van der Waals surface area contributed by atoms with Crippen molar-refractivity contribution < 1.29 is 19.1 Å². The highest BCUT2D eigenvalue weighted by molar-refractivity contribution is 6.04. The zero-order valence-electron chi connectivity index (χ0n) is 22.1. The smallest absolute Gasteiger partial charge is 0.251 e. The Morgan fingerprint density at radius 1 is 1.16 bits per heavy atom. The molecule has 0 fully saturated rings. The lowest BCUT2D eigenvalue weighted by Gasteiger charge is -2.14. The van der Waals surface area contributed by atoms with E-state index in [2.05, 4.69) is 45.1 Å². The number of nitrogens with zero attached hydrogens (tertiary/aromatic N) is 5. The van der Waals surface area contributed by atoms with Crippen LogP contribution >= 0.6 is 0 Å². The summed E-state index contributed by atoms with van der Waals surface area (Å²) >= 11 is 0.